The van der Waals surface area contributed by atoms with Crippen molar-refractivity contribution in [2.45, 2.75) is 32.7 Å². The molecule has 48 heavy (non-hydrogen) atoms. The summed E-state index contributed by atoms with van der Waals surface area (Å²) in [5, 5.41) is 7.95. The summed E-state index contributed by atoms with van der Waals surface area (Å²) >= 11 is 0. The Balaban J connectivity index is 1.31. The monoisotopic (exact) mass is 649 g/mol. The molecule has 0 radical (unpaired) electrons. The van der Waals surface area contributed by atoms with Crippen molar-refractivity contribution in [3.05, 3.63) is 106 Å². The van der Waals surface area contributed by atoms with Gasteiger partial charge >= 0.3 is 0 Å². The number of methoxy groups -OCH3 is 2. The largest absolute Gasteiger partial charge is 0.480 e. The predicted molar refractivity (Wildman–Crippen MR) is 181 cm³/mol. The Morgan fingerprint density at radius 3 is 2.42 bits per heavy atom. The second kappa shape index (κ2) is 14.1. The topological polar surface area (TPSA) is 131 Å². The molecule has 0 atom stereocenters. The predicted octanol–water partition coefficient (Wildman–Crippen LogP) is 5.93. The molecule has 0 saturated carbocycles. The lowest BCUT2D eigenvalue weighted by molar-refractivity contribution is 0.0612. The molecule has 0 amide bonds. The van der Waals surface area contributed by atoms with Gasteiger partial charge in [0.25, 0.3) is 0 Å². The number of halogens is 1. The molecule has 0 unspecified atom stereocenters. The Labute approximate surface area is 277 Å². The molecule has 1 aliphatic heterocycles. The van der Waals surface area contributed by atoms with Crippen molar-refractivity contribution in [2.24, 2.45) is 5.92 Å². The molecule has 1 fully saturated rings. The van der Waals surface area contributed by atoms with E-state index in [-0.39, 0.29) is 40.6 Å². The minimum atomic E-state index is -0.589. The fraction of sp³-hybridized carbons (Fsp3) is 0.270. The number of ether oxygens (including phenoxy) is 3. The number of Topliss-reactive ketones (excluding diaryl/α,β-unsaturated/α-hetero) is 1. The Morgan fingerprint density at radius 1 is 0.938 bits per heavy atom. The summed E-state index contributed by atoms with van der Waals surface area (Å²) < 4.78 is 33.8. The second-order valence-corrected chi connectivity index (χ2v) is 11.9. The maximum absolute atomic E-state index is 15.8. The van der Waals surface area contributed by atoms with Crippen LogP contribution in [0.3, 0.4) is 0 Å². The van der Waals surface area contributed by atoms with Gasteiger partial charge in [0, 0.05) is 73.1 Å². The average Bonchev–Trinajstić information content (AvgIpc) is 3.10. The molecule has 0 aliphatic carbocycles. The molecule has 0 bridgehead atoms. The van der Waals surface area contributed by atoms with E-state index in [9.17, 15) is 9.59 Å². The molecule has 11 heteroatoms. The highest BCUT2D eigenvalue weighted by molar-refractivity contribution is 5.98. The van der Waals surface area contributed by atoms with Crippen LogP contribution in [0.4, 0.5) is 10.2 Å². The van der Waals surface area contributed by atoms with E-state index in [1.807, 2.05) is 42.0 Å². The van der Waals surface area contributed by atoms with Crippen molar-refractivity contribution < 1.29 is 23.4 Å². The standard InChI is InChI=1S/C37H36FN5O5/c1-22-4-7-25(8-5-22)30-20-43(19-23-10-12-48-13-11-23)21-31(35(30)45)33(44)15-24-6-9-27(32(38)14-24)29-16-26(18-40-36(29)39)28-17-34(46-2)41-42-37(28)47-3/h4-9,14,16-18,20-21,23H,10-13,15,19H2,1-3H3,(H2,39,40). The number of ketones is 1. The van der Waals surface area contributed by atoms with Crippen molar-refractivity contribution in [3.8, 4) is 45.1 Å². The van der Waals surface area contributed by atoms with Gasteiger partial charge in [0.2, 0.25) is 11.8 Å². The van der Waals surface area contributed by atoms with Crippen LogP contribution in [0.1, 0.15) is 34.3 Å². The van der Waals surface area contributed by atoms with E-state index >= 15 is 4.39 Å². The third-order valence-electron chi connectivity index (χ3n) is 8.61. The number of nitrogens with two attached hydrogens (primary N) is 1. The molecule has 2 aromatic carbocycles. The number of anilines is 1. The number of hydrogen-bond donors (Lipinski definition) is 1. The number of pyridine rings is 2. The summed E-state index contributed by atoms with van der Waals surface area (Å²) in [6, 6.07) is 15.5. The zero-order chi connectivity index (χ0) is 33.8. The Kier molecular flexibility index (Phi) is 9.58. The lowest BCUT2D eigenvalue weighted by atomic mass is 9.96. The molecule has 0 spiro atoms. The number of carbonyl (C=O) groups is 1. The van der Waals surface area contributed by atoms with Crippen molar-refractivity contribution >= 4 is 11.6 Å². The minimum absolute atomic E-state index is 0.0705. The summed E-state index contributed by atoms with van der Waals surface area (Å²) in [6.07, 6.45) is 6.65. The maximum Gasteiger partial charge on any atom is 0.241 e. The first-order chi connectivity index (χ1) is 23.2. The first-order valence-corrected chi connectivity index (χ1v) is 15.7. The molecule has 6 rings (SSSR count). The molecule has 1 saturated heterocycles. The number of rotatable bonds is 10. The van der Waals surface area contributed by atoms with Gasteiger partial charge in [-0.05, 0) is 48.9 Å². The van der Waals surface area contributed by atoms with Crippen molar-refractivity contribution in [1.82, 2.24) is 19.7 Å². The van der Waals surface area contributed by atoms with Gasteiger partial charge in [-0.1, -0.05) is 42.0 Å². The van der Waals surface area contributed by atoms with Crippen molar-refractivity contribution in [1.29, 1.82) is 0 Å². The third kappa shape index (κ3) is 6.96. The highest BCUT2D eigenvalue weighted by Gasteiger charge is 2.21. The van der Waals surface area contributed by atoms with E-state index in [0.717, 1.165) is 24.0 Å². The van der Waals surface area contributed by atoms with E-state index in [2.05, 4.69) is 15.2 Å². The smallest absolute Gasteiger partial charge is 0.241 e. The minimum Gasteiger partial charge on any atom is -0.480 e. The number of hydrogen-bond acceptors (Lipinski definition) is 9. The first-order valence-electron chi connectivity index (χ1n) is 15.7. The quantitative estimate of drug-likeness (QED) is 0.183. The number of benzene rings is 2. The molecule has 5 aromatic rings. The van der Waals surface area contributed by atoms with Crippen LogP contribution in [0.25, 0.3) is 33.4 Å². The van der Waals surface area contributed by atoms with Gasteiger partial charge < -0.3 is 24.5 Å². The highest BCUT2D eigenvalue weighted by Crippen LogP contribution is 2.35. The number of aryl methyl sites for hydroxylation is 1. The van der Waals surface area contributed by atoms with E-state index in [4.69, 9.17) is 19.9 Å². The Bertz CT molecular complexity index is 2020. The lowest BCUT2D eigenvalue weighted by Gasteiger charge is -2.23. The summed E-state index contributed by atoms with van der Waals surface area (Å²) in [5.41, 5.74) is 10.3. The van der Waals surface area contributed by atoms with Crippen LogP contribution < -0.4 is 20.6 Å². The van der Waals surface area contributed by atoms with Gasteiger partial charge in [-0.3, -0.25) is 9.59 Å². The highest BCUT2D eigenvalue weighted by atomic mass is 19.1. The molecule has 3 aromatic heterocycles. The van der Waals surface area contributed by atoms with E-state index < -0.39 is 11.6 Å². The fourth-order valence-electron chi connectivity index (χ4n) is 5.93. The number of carbonyl (C=O) groups excluding carboxylic acids is 1. The van der Waals surface area contributed by atoms with E-state index in [1.54, 1.807) is 30.5 Å². The number of aromatic nitrogens is 4. The SMILES string of the molecule is COc1cc(-c2cnc(N)c(-c3ccc(CC(=O)c4cn(CC5CCOCC5)cc(-c5ccc(C)cc5)c4=O)cc3F)c2)c(OC)nn1. The van der Waals surface area contributed by atoms with Gasteiger partial charge in [-0.25, -0.2) is 9.37 Å². The summed E-state index contributed by atoms with van der Waals surface area (Å²) in [5.74, 6) is 0.0116. The summed E-state index contributed by atoms with van der Waals surface area (Å²) in [4.78, 5) is 31.7. The summed E-state index contributed by atoms with van der Waals surface area (Å²) in [7, 11) is 2.93. The van der Waals surface area contributed by atoms with Crippen molar-refractivity contribution in [3.63, 3.8) is 0 Å². The molecular weight excluding hydrogens is 613 g/mol. The molecule has 2 N–H and O–H groups in total. The van der Waals surface area contributed by atoms with Gasteiger partial charge in [-0.15, -0.1) is 10.2 Å². The van der Waals surface area contributed by atoms with E-state index in [1.165, 1.54) is 26.5 Å². The van der Waals surface area contributed by atoms with Crippen LogP contribution in [-0.4, -0.2) is 53.0 Å². The first kappa shape index (κ1) is 32.5. The average molecular weight is 650 g/mol. The maximum atomic E-state index is 15.8. The molecule has 10 nitrogen and oxygen atoms in total. The zero-order valence-electron chi connectivity index (χ0n) is 27.0. The summed E-state index contributed by atoms with van der Waals surface area (Å²) in [6.45, 7) is 4.03. The van der Waals surface area contributed by atoms with Crippen LogP contribution in [-0.2, 0) is 17.7 Å². The van der Waals surface area contributed by atoms with Gasteiger partial charge in [0.1, 0.15) is 11.6 Å². The van der Waals surface area contributed by atoms with Crippen LogP contribution >= 0.6 is 0 Å². The van der Waals surface area contributed by atoms with Gasteiger partial charge in [0.05, 0.1) is 25.3 Å². The van der Waals surface area contributed by atoms with Crippen LogP contribution in [0, 0.1) is 18.7 Å². The normalized spacial score (nSPS) is 13.3. The Morgan fingerprint density at radius 2 is 1.71 bits per heavy atom. The van der Waals surface area contributed by atoms with E-state index in [0.29, 0.717) is 53.5 Å². The van der Waals surface area contributed by atoms with Gasteiger partial charge in [-0.2, -0.15) is 0 Å². The van der Waals surface area contributed by atoms with Crippen LogP contribution in [0.5, 0.6) is 11.8 Å². The molecule has 1 aliphatic rings. The molecule has 246 valence electrons. The van der Waals surface area contributed by atoms with Gasteiger partial charge in [0.15, 0.2) is 11.2 Å². The number of nitrogen functional groups attached to an aromatic ring is 1. The fourth-order valence-corrected chi connectivity index (χ4v) is 5.93. The van der Waals surface area contributed by atoms with Crippen molar-refractivity contribution in [2.75, 3.05) is 33.2 Å². The Hall–Kier alpha value is -5.42. The molecule has 4 heterocycles. The lowest BCUT2D eigenvalue weighted by Crippen LogP contribution is -2.25. The third-order valence-corrected chi connectivity index (χ3v) is 8.61. The number of nitrogens with zero attached hydrogens (tertiary/aromatic N) is 4. The van der Waals surface area contributed by atoms with Crippen LogP contribution in [0.15, 0.2) is 78.0 Å². The second-order valence-electron chi connectivity index (χ2n) is 11.9. The van der Waals surface area contributed by atoms with Crippen LogP contribution in [0.2, 0.25) is 0 Å². The molecular formula is C37H36FN5O5. The zero-order valence-corrected chi connectivity index (χ0v) is 27.0.